The van der Waals surface area contributed by atoms with E-state index in [0.717, 1.165) is 28.8 Å². The van der Waals surface area contributed by atoms with Gasteiger partial charge in [0.2, 0.25) is 5.16 Å². The summed E-state index contributed by atoms with van der Waals surface area (Å²) in [6, 6.07) is 15.7. The van der Waals surface area contributed by atoms with Crippen molar-refractivity contribution in [2.24, 2.45) is 0 Å². The molecule has 0 bridgehead atoms. The fraction of sp³-hybridized carbons (Fsp3) is 0.176. The molecule has 6 heteroatoms. The van der Waals surface area contributed by atoms with Crippen LogP contribution in [0.4, 0.5) is 0 Å². The van der Waals surface area contributed by atoms with Crippen LogP contribution in [0.1, 0.15) is 21.5 Å². The van der Waals surface area contributed by atoms with Crippen LogP contribution in [0.2, 0.25) is 0 Å². The van der Waals surface area contributed by atoms with Gasteiger partial charge in [-0.15, -0.1) is 5.10 Å². The summed E-state index contributed by atoms with van der Waals surface area (Å²) in [7, 11) is 0. The number of aromatic nitrogens is 4. The van der Waals surface area contributed by atoms with E-state index in [1.165, 1.54) is 11.8 Å². The lowest BCUT2D eigenvalue weighted by Crippen LogP contribution is -2.13. The first-order valence-electron chi connectivity index (χ1n) is 7.37. The lowest BCUT2D eigenvalue weighted by atomic mass is 10.1. The second kappa shape index (κ2) is 5.62. The monoisotopic (exact) mass is 322 g/mol. The van der Waals surface area contributed by atoms with E-state index in [0.29, 0.717) is 5.16 Å². The zero-order valence-corrected chi connectivity index (χ0v) is 13.3. The number of carbonyl (C=O) groups excluding carboxylic acids is 1. The van der Waals surface area contributed by atoms with Crippen molar-refractivity contribution in [1.29, 1.82) is 0 Å². The Balaban J connectivity index is 1.64. The number of benzene rings is 2. The zero-order chi connectivity index (χ0) is 15.8. The molecule has 5 nitrogen and oxygen atoms in total. The van der Waals surface area contributed by atoms with E-state index in [-0.39, 0.29) is 11.0 Å². The summed E-state index contributed by atoms with van der Waals surface area (Å²) in [6.45, 7) is 2.02. The maximum absolute atomic E-state index is 12.5. The maximum Gasteiger partial charge on any atom is 0.214 e. The van der Waals surface area contributed by atoms with Gasteiger partial charge in [-0.25, -0.2) is 0 Å². The smallest absolute Gasteiger partial charge is 0.214 e. The van der Waals surface area contributed by atoms with Crippen molar-refractivity contribution in [1.82, 2.24) is 20.2 Å². The van der Waals surface area contributed by atoms with Crippen molar-refractivity contribution < 1.29 is 4.79 Å². The molecule has 1 heterocycles. The van der Waals surface area contributed by atoms with Crippen LogP contribution < -0.4 is 0 Å². The van der Waals surface area contributed by atoms with Gasteiger partial charge in [-0.3, -0.25) is 4.79 Å². The molecule has 3 aromatic rings. The molecule has 114 valence electrons. The molecule has 1 aliphatic rings. The zero-order valence-electron chi connectivity index (χ0n) is 12.5. The molecular formula is C17H14N4OS. The molecule has 0 aliphatic heterocycles. The van der Waals surface area contributed by atoms with Crippen LogP contribution in [0, 0.1) is 6.92 Å². The third-order valence-electron chi connectivity index (χ3n) is 4.01. The summed E-state index contributed by atoms with van der Waals surface area (Å²) >= 11 is 1.43. The summed E-state index contributed by atoms with van der Waals surface area (Å²) in [5, 5.41) is 12.5. The van der Waals surface area contributed by atoms with Gasteiger partial charge in [-0.1, -0.05) is 54.2 Å². The second-order valence-corrected chi connectivity index (χ2v) is 6.66. The minimum atomic E-state index is -0.166. The number of Topliss-reactive ketones (excluding diaryl/α,β-unsaturated/α-hetero) is 1. The quantitative estimate of drug-likeness (QED) is 0.742. The fourth-order valence-electron chi connectivity index (χ4n) is 2.83. The van der Waals surface area contributed by atoms with E-state index < -0.39 is 0 Å². The van der Waals surface area contributed by atoms with Gasteiger partial charge in [0.25, 0.3) is 0 Å². The number of carbonyl (C=O) groups is 1. The number of aryl methyl sites for hydroxylation is 1. The Morgan fingerprint density at radius 1 is 1.13 bits per heavy atom. The van der Waals surface area contributed by atoms with Crippen LogP contribution in [0.3, 0.4) is 0 Å². The maximum atomic E-state index is 12.5. The molecule has 0 saturated carbocycles. The Morgan fingerprint density at radius 3 is 2.74 bits per heavy atom. The first kappa shape index (κ1) is 14.1. The number of nitrogens with zero attached hydrogens (tertiary/aromatic N) is 4. The number of rotatable bonds is 3. The van der Waals surface area contributed by atoms with Crippen LogP contribution in [0.5, 0.6) is 0 Å². The Kier molecular flexibility index (Phi) is 3.46. The first-order valence-corrected chi connectivity index (χ1v) is 8.25. The molecule has 2 aromatic carbocycles. The van der Waals surface area contributed by atoms with E-state index in [1.54, 1.807) is 4.68 Å². The Hall–Kier alpha value is -2.47. The molecule has 0 saturated heterocycles. The molecule has 1 atom stereocenters. The van der Waals surface area contributed by atoms with Crippen LogP contribution in [0.25, 0.3) is 5.69 Å². The third kappa shape index (κ3) is 2.45. The number of para-hydroxylation sites is 1. The number of thioether (sulfide) groups is 1. The van der Waals surface area contributed by atoms with E-state index in [4.69, 9.17) is 0 Å². The lowest BCUT2D eigenvalue weighted by molar-refractivity contribution is 0.1000. The van der Waals surface area contributed by atoms with Gasteiger partial charge in [-0.05, 0) is 41.0 Å². The SMILES string of the molecule is Cc1ccccc1-n1nnnc1S[C@H]1Cc2ccccc2C1=O. The molecule has 23 heavy (non-hydrogen) atoms. The van der Waals surface area contributed by atoms with Crippen molar-refractivity contribution >= 4 is 17.5 Å². The van der Waals surface area contributed by atoms with Gasteiger partial charge < -0.3 is 0 Å². The van der Waals surface area contributed by atoms with Gasteiger partial charge >= 0.3 is 0 Å². The number of ketones is 1. The predicted octanol–water partition coefficient (Wildman–Crippen LogP) is 2.87. The highest BCUT2D eigenvalue weighted by Crippen LogP contribution is 2.34. The topological polar surface area (TPSA) is 60.7 Å². The lowest BCUT2D eigenvalue weighted by Gasteiger charge is -2.09. The predicted molar refractivity (Wildman–Crippen MR) is 88.0 cm³/mol. The minimum absolute atomic E-state index is 0.157. The molecule has 4 rings (SSSR count). The Bertz CT molecular complexity index is 890. The number of hydrogen-bond donors (Lipinski definition) is 0. The van der Waals surface area contributed by atoms with Crippen molar-refractivity contribution in [3.8, 4) is 5.69 Å². The number of fused-ring (bicyclic) bond motifs is 1. The molecule has 0 spiro atoms. The highest BCUT2D eigenvalue weighted by Gasteiger charge is 2.32. The van der Waals surface area contributed by atoms with E-state index >= 15 is 0 Å². The van der Waals surface area contributed by atoms with Crippen LogP contribution in [0.15, 0.2) is 53.7 Å². The van der Waals surface area contributed by atoms with Crippen LogP contribution in [-0.4, -0.2) is 31.2 Å². The summed E-state index contributed by atoms with van der Waals surface area (Å²) < 4.78 is 1.70. The number of hydrogen-bond acceptors (Lipinski definition) is 5. The van der Waals surface area contributed by atoms with Gasteiger partial charge in [0.05, 0.1) is 10.9 Å². The van der Waals surface area contributed by atoms with E-state index in [9.17, 15) is 4.79 Å². The highest BCUT2D eigenvalue weighted by atomic mass is 32.2. The molecule has 0 fully saturated rings. The van der Waals surface area contributed by atoms with Crippen molar-refractivity contribution in [2.45, 2.75) is 23.8 Å². The summed E-state index contributed by atoms with van der Waals surface area (Å²) in [6.07, 6.45) is 0.723. The van der Waals surface area contributed by atoms with Crippen molar-refractivity contribution in [2.75, 3.05) is 0 Å². The second-order valence-electron chi connectivity index (χ2n) is 5.49. The molecular weight excluding hydrogens is 308 g/mol. The minimum Gasteiger partial charge on any atom is -0.293 e. The fourth-order valence-corrected chi connectivity index (χ4v) is 3.90. The molecule has 0 unspecified atom stereocenters. The van der Waals surface area contributed by atoms with Crippen molar-refractivity contribution in [3.05, 3.63) is 65.2 Å². The summed E-state index contributed by atoms with van der Waals surface area (Å²) in [5.74, 6) is 0.157. The third-order valence-corrected chi connectivity index (χ3v) is 5.14. The average Bonchev–Trinajstić information content (AvgIpc) is 3.14. The molecule has 0 N–H and O–H groups in total. The standard InChI is InChI=1S/C17H14N4OS/c1-11-6-2-5-9-14(11)21-17(18-19-20-21)23-15-10-12-7-3-4-8-13(12)16(15)22/h2-9,15H,10H2,1H3/t15-/m0/s1. The van der Waals surface area contributed by atoms with Gasteiger partial charge in [0.1, 0.15) is 0 Å². The molecule has 0 amide bonds. The normalized spacial score (nSPS) is 16.6. The van der Waals surface area contributed by atoms with Gasteiger partial charge in [0.15, 0.2) is 5.78 Å². The molecule has 0 radical (unpaired) electrons. The van der Waals surface area contributed by atoms with E-state index in [1.807, 2.05) is 55.5 Å². The van der Waals surface area contributed by atoms with Gasteiger partial charge in [0, 0.05) is 5.56 Å². The van der Waals surface area contributed by atoms with Crippen LogP contribution >= 0.6 is 11.8 Å². The molecule has 1 aromatic heterocycles. The average molecular weight is 322 g/mol. The summed E-state index contributed by atoms with van der Waals surface area (Å²) in [5.41, 5.74) is 3.94. The Morgan fingerprint density at radius 2 is 1.91 bits per heavy atom. The van der Waals surface area contributed by atoms with E-state index in [2.05, 4.69) is 15.5 Å². The number of tetrazole rings is 1. The molecule has 1 aliphatic carbocycles. The summed E-state index contributed by atoms with van der Waals surface area (Å²) in [4.78, 5) is 12.5. The van der Waals surface area contributed by atoms with Gasteiger partial charge in [-0.2, -0.15) is 4.68 Å². The first-order chi connectivity index (χ1) is 11.2. The Labute approximate surface area is 137 Å². The highest BCUT2D eigenvalue weighted by molar-refractivity contribution is 8.00. The van der Waals surface area contributed by atoms with Crippen LogP contribution in [-0.2, 0) is 6.42 Å². The van der Waals surface area contributed by atoms with Crippen molar-refractivity contribution in [3.63, 3.8) is 0 Å². The largest absolute Gasteiger partial charge is 0.293 e.